The molecule has 0 bridgehead atoms. The lowest BCUT2D eigenvalue weighted by molar-refractivity contribution is 0.708. The summed E-state index contributed by atoms with van der Waals surface area (Å²) >= 11 is 0. The van der Waals surface area contributed by atoms with Crippen molar-refractivity contribution in [2.24, 2.45) is 14.1 Å². The molecule has 0 aliphatic heterocycles. The SMILES string of the molecule is Cn1c(=O)c2cc(C#N)c(N)nc2n(C)c1=O. The number of nitrogens with two attached hydrogens (primary N) is 1. The molecular weight excluding hydrogens is 222 g/mol. The Balaban J connectivity index is 3.14. The molecule has 7 nitrogen and oxygen atoms in total. The van der Waals surface area contributed by atoms with E-state index in [0.29, 0.717) is 0 Å². The molecule has 0 aliphatic rings. The zero-order chi connectivity index (χ0) is 12.7. The van der Waals surface area contributed by atoms with Gasteiger partial charge in [-0.25, -0.2) is 9.78 Å². The van der Waals surface area contributed by atoms with E-state index >= 15 is 0 Å². The minimum absolute atomic E-state index is 0.00301. The average molecular weight is 231 g/mol. The minimum atomic E-state index is -0.493. The van der Waals surface area contributed by atoms with Gasteiger partial charge in [0, 0.05) is 14.1 Å². The molecule has 0 aromatic carbocycles. The molecule has 2 N–H and O–H groups in total. The van der Waals surface area contributed by atoms with Crippen molar-refractivity contribution in [2.45, 2.75) is 0 Å². The second-order valence-corrected chi connectivity index (χ2v) is 3.61. The summed E-state index contributed by atoms with van der Waals surface area (Å²) in [6.07, 6.45) is 0. The number of aryl methyl sites for hydroxylation is 1. The van der Waals surface area contributed by atoms with Gasteiger partial charge in [-0.3, -0.25) is 13.9 Å². The van der Waals surface area contributed by atoms with E-state index in [0.717, 1.165) is 4.57 Å². The molecule has 0 spiro atoms. The second-order valence-electron chi connectivity index (χ2n) is 3.61. The molecule has 0 amide bonds. The van der Waals surface area contributed by atoms with Gasteiger partial charge in [-0.15, -0.1) is 0 Å². The predicted molar refractivity (Wildman–Crippen MR) is 61.4 cm³/mol. The van der Waals surface area contributed by atoms with E-state index in [9.17, 15) is 9.59 Å². The van der Waals surface area contributed by atoms with Gasteiger partial charge in [-0.05, 0) is 6.07 Å². The van der Waals surface area contributed by atoms with Gasteiger partial charge in [0.1, 0.15) is 11.9 Å². The lowest BCUT2D eigenvalue weighted by Crippen LogP contribution is -2.37. The highest BCUT2D eigenvalue weighted by Crippen LogP contribution is 2.12. The first-order valence-electron chi connectivity index (χ1n) is 4.73. The van der Waals surface area contributed by atoms with Gasteiger partial charge in [0.15, 0.2) is 5.65 Å². The van der Waals surface area contributed by atoms with Crippen molar-refractivity contribution in [3.63, 3.8) is 0 Å². The Bertz CT molecular complexity index is 778. The topological polar surface area (TPSA) is 107 Å². The van der Waals surface area contributed by atoms with Gasteiger partial charge in [-0.1, -0.05) is 0 Å². The third kappa shape index (κ3) is 1.38. The molecule has 0 fully saturated rings. The first-order chi connectivity index (χ1) is 7.97. The molecule has 7 heteroatoms. The Morgan fingerprint density at radius 3 is 2.59 bits per heavy atom. The Morgan fingerprint density at radius 2 is 2.00 bits per heavy atom. The summed E-state index contributed by atoms with van der Waals surface area (Å²) in [5.74, 6) is 0.00301. The van der Waals surface area contributed by atoms with Crippen LogP contribution in [0.2, 0.25) is 0 Å². The molecule has 2 heterocycles. The maximum atomic E-state index is 11.8. The molecule has 2 aromatic rings. The molecular formula is C10H9N5O2. The number of anilines is 1. The summed E-state index contributed by atoms with van der Waals surface area (Å²) in [7, 11) is 2.86. The van der Waals surface area contributed by atoms with Crippen LogP contribution in [0.3, 0.4) is 0 Å². The Kier molecular flexibility index (Phi) is 2.21. The molecule has 0 aliphatic carbocycles. The lowest BCUT2D eigenvalue weighted by atomic mass is 10.2. The van der Waals surface area contributed by atoms with Crippen LogP contribution in [0.4, 0.5) is 5.82 Å². The quantitative estimate of drug-likeness (QED) is 0.631. The number of hydrogen-bond acceptors (Lipinski definition) is 5. The van der Waals surface area contributed by atoms with E-state index in [1.54, 1.807) is 0 Å². The zero-order valence-electron chi connectivity index (χ0n) is 9.26. The van der Waals surface area contributed by atoms with Crippen LogP contribution in [-0.4, -0.2) is 14.1 Å². The van der Waals surface area contributed by atoms with Crippen LogP contribution < -0.4 is 17.0 Å². The molecule has 0 saturated carbocycles. The van der Waals surface area contributed by atoms with Crippen LogP contribution in [0.1, 0.15) is 5.56 Å². The summed E-state index contributed by atoms with van der Waals surface area (Å²) in [5.41, 5.74) is 4.86. The van der Waals surface area contributed by atoms with Crippen LogP contribution in [-0.2, 0) is 14.1 Å². The predicted octanol–water partition coefficient (Wildman–Crippen LogP) is -0.914. The number of fused-ring (bicyclic) bond motifs is 1. The van der Waals surface area contributed by atoms with Crippen molar-refractivity contribution in [3.8, 4) is 6.07 Å². The standard InChI is InChI=1S/C10H9N5O2/c1-14-8-6(9(16)15(2)10(14)17)3-5(4-11)7(12)13-8/h3H,1-2H3,(H2,12,13). The molecule has 0 radical (unpaired) electrons. The largest absolute Gasteiger partial charge is 0.383 e. The van der Waals surface area contributed by atoms with Crippen molar-refractivity contribution < 1.29 is 0 Å². The van der Waals surface area contributed by atoms with Crippen molar-refractivity contribution in [1.82, 2.24) is 14.1 Å². The second kappa shape index (κ2) is 3.45. The number of aromatic nitrogens is 3. The zero-order valence-corrected chi connectivity index (χ0v) is 9.26. The first kappa shape index (κ1) is 10.9. The van der Waals surface area contributed by atoms with Gasteiger partial charge < -0.3 is 5.73 Å². The molecule has 2 aromatic heterocycles. The van der Waals surface area contributed by atoms with Crippen molar-refractivity contribution in [3.05, 3.63) is 32.5 Å². The lowest BCUT2D eigenvalue weighted by Gasteiger charge is -2.07. The van der Waals surface area contributed by atoms with Crippen molar-refractivity contribution >= 4 is 16.9 Å². The Morgan fingerprint density at radius 1 is 1.35 bits per heavy atom. The van der Waals surface area contributed by atoms with Crippen LogP contribution in [0, 0.1) is 11.3 Å². The number of nitrogen functional groups attached to an aromatic ring is 1. The maximum Gasteiger partial charge on any atom is 0.332 e. The van der Waals surface area contributed by atoms with Crippen LogP contribution >= 0.6 is 0 Å². The molecule has 0 atom stereocenters. The maximum absolute atomic E-state index is 11.8. The van der Waals surface area contributed by atoms with Crippen LogP contribution in [0.15, 0.2) is 15.7 Å². The fraction of sp³-hybridized carbons (Fsp3) is 0.200. The third-order valence-corrected chi connectivity index (χ3v) is 2.58. The van der Waals surface area contributed by atoms with E-state index in [-0.39, 0.29) is 22.4 Å². The molecule has 86 valence electrons. The highest BCUT2D eigenvalue weighted by atomic mass is 16.2. The van der Waals surface area contributed by atoms with E-state index in [1.807, 2.05) is 6.07 Å². The fourth-order valence-corrected chi connectivity index (χ4v) is 1.60. The first-order valence-corrected chi connectivity index (χ1v) is 4.73. The van der Waals surface area contributed by atoms with Gasteiger partial charge >= 0.3 is 5.69 Å². The summed E-state index contributed by atoms with van der Waals surface area (Å²) in [6.45, 7) is 0. The number of nitriles is 1. The van der Waals surface area contributed by atoms with Crippen molar-refractivity contribution in [2.75, 3.05) is 5.73 Å². The van der Waals surface area contributed by atoms with E-state index < -0.39 is 11.2 Å². The number of hydrogen-bond donors (Lipinski definition) is 1. The van der Waals surface area contributed by atoms with E-state index in [2.05, 4.69) is 4.98 Å². The van der Waals surface area contributed by atoms with Gasteiger partial charge in [0.05, 0.1) is 10.9 Å². The van der Waals surface area contributed by atoms with Crippen LogP contribution in [0.5, 0.6) is 0 Å². The molecule has 17 heavy (non-hydrogen) atoms. The summed E-state index contributed by atoms with van der Waals surface area (Å²) in [6, 6.07) is 3.19. The fourth-order valence-electron chi connectivity index (χ4n) is 1.60. The van der Waals surface area contributed by atoms with Crippen LogP contribution in [0.25, 0.3) is 11.0 Å². The Labute approximate surface area is 95.3 Å². The molecule has 0 unspecified atom stereocenters. The van der Waals surface area contributed by atoms with Gasteiger partial charge in [0.25, 0.3) is 5.56 Å². The summed E-state index contributed by atoms with van der Waals surface area (Å²) in [5, 5.41) is 9.01. The normalized spacial score (nSPS) is 10.4. The highest BCUT2D eigenvalue weighted by Gasteiger charge is 2.12. The molecule has 0 saturated heterocycles. The van der Waals surface area contributed by atoms with E-state index in [1.165, 1.54) is 24.7 Å². The number of nitrogens with zero attached hydrogens (tertiary/aromatic N) is 4. The minimum Gasteiger partial charge on any atom is -0.383 e. The van der Waals surface area contributed by atoms with E-state index in [4.69, 9.17) is 11.0 Å². The van der Waals surface area contributed by atoms with Gasteiger partial charge in [0.2, 0.25) is 0 Å². The monoisotopic (exact) mass is 231 g/mol. The number of rotatable bonds is 0. The third-order valence-electron chi connectivity index (χ3n) is 2.58. The highest BCUT2D eigenvalue weighted by molar-refractivity contribution is 5.78. The smallest absolute Gasteiger partial charge is 0.332 e. The number of pyridine rings is 1. The Hall–Kier alpha value is -2.62. The van der Waals surface area contributed by atoms with Gasteiger partial charge in [-0.2, -0.15) is 5.26 Å². The average Bonchev–Trinajstić information content (AvgIpc) is 2.33. The summed E-state index contributed by atoms with van der Waals surface area (Å²) < 4.78 is 2.18. The van der Waals surface area contributed by atoms with Crippen molar-refractivity contribution in [1.29, 1.82) is 5.26 Å². The molecule has 2 rings (SSSR count). The summed E-state index contributed by atoms with van der Waals surface area (Å²) in [4.78, 5) is 27.4.